The molecule has 110 valence electrons. The zero-order valence-corrected chi connectivity index (χ0v) is 13.1. The Hall–Kier alpha value is -0.970. The standard InChI is InChI=1S/C18H27NO/c1-4-5-6-7-19-15(20)18-10-14-8-16(2,12-18)11-17(3,9-14)13-18/h14H,6-13H2,1-3H3,(H,19,20). The van der Waals surface area contributed by atoms with Crippen LogP contribution >= 0.6 is 0 Å². The van der Waals surface area contributed by atoms with Crippen LogP contribution in [0.2, 0.25) is 0 Å². The van der Waals surface area contributed by atoms with Gasteiger partial charge >= 0.3 is 0 Å². The molecule has 0 aromatic rings. The number of rotatable bonds is 3. The van der Waals surface area contributed by atoms with Gasteiger partial charge in [0.05, 0.1) is 5.41 Å². The Kier molecular flexibility index (Phi) is 3.16. The first-order valence-electron chi connectivity index (χ1n) is 8.07. The Morgan fingerprint density at radius 3 is 2.35 bits per heavy atom. The molecule has 2 atom stereocenters. The smallest absolute Gasteiger partial charge is 0.226 e. The van der Waals surface area contributed by atoms with Crippen LogP contribution in [0, 0.1) is 34.0 Å². The molecule has 4 rings (SSSR count). The molecule has 20 heavy (non-hydrogen) atoms. The summed E-state index contributed by atoms with van der Waals surface area (Å²) in [5.74, 6) is 7.01. The van der Waals surface area contributed by atoms with Crippen LogP contribution < -0.4 is 5.32 Å². The van der Waals surface area contributed by atoms with Gasteiger partial charge in [-0.2, -0.15) is 0 Å². The summed E-state index contributed by atoms with van der Waals surface area (Å²) in [6.45, 7) is 7.39. The summed E-state index contributed by atoms with van der Waals surface area (Å²) in [5.41, 5.74) is 0.756. The van der Waals surface area contributed by atoms with Gasteiger partial charge in [0.2, 0.25) is 5.91 Å². The molecule has 0 aromatic carbocycles. The average molecular weight is 273 g/mol. The summed E-state index contributed by atoms with van der Waals surface area (Å²) in [5, 5.41) is 3.17. The second-order valence-electron chi connectivity index (χ2n) is 8.34. The van der Waals surface area contributed by atoms with Gasteiger partial charge in [0.1, 0.15) is 0 Å². The van der Waals surface area contributed by atoms with Gasteiger partial charge in [0, 0.05) is 13.0 Å². The minimum absolute atomic E-state index is 0.0669. The molecule has 2 unspecified atom stereocenters. The molecule has 0 spiro atoms. The van der Waals surface area contributed by atoms with Gasteiger partial charge in [-0.3, -0.25) is 4.79 Å². The van der Waals surface area contributed by atoms with Crippen molar-refractivity contribution >= 4 is 5.91 Å². The molecule has 2 nitrogen and oxygen atoms in total. The van der Waals surface area contributed by atoms with Gasteiger partial charge in [-0.05, 0) is 62.2 Å². The SMILES string of the molecule is CC#CCCNC(=O)C12CC3CC(C)(CC(C)(C3)C1)C2. The van der Waals surface area contributed by atoms with E-state index in [9.17, 15) is 4.79 Å². The molecule has 1 N–H and O–H groups in total. The van der Waals surface area contributed by atoms with E-state index in [-0.39, 0.29) is 5.41 Å². The minimum atomic E-state index is -0.0669. The average Bonchev–Trinajstić information content (AvgIpc) is 2.29. The van der Waals surface area contributed by atoms with Crippen molar-refractivity contribution in [3.63, 3.8) is 0 Å². The lowest BCUT2D eigenvalue weighted by Crippen LogP contribution is -2.59. The molecule has 4 aliphatic rings. The fourth-order valence-electron chi connectivity index (χ4n) is 6.25. The van der Waals surface area contributed by atoms with Crippen molar-refractivity contribution in [1.82, 2.24) is 5.32 Å². The van der Waals surface area contributed by atoms with Crippen LogP contribution in [0.1, 0.15) is 65.7 Å². The quantitative estimate of drug-likeness (QED) is 0.619. The summed E-state index contributed by atoms with van der Waals surface area (Å²) < 4.78 is 0. The molecule has 0 aromatic heterocycles. The number of nitrogens with one attached hydrogen (secondary N) is 1. The summed E-state index contributed by atoms with van der Waals surface area (Å²) in [7, 11) is 0. The number of hydrogen-bond acceptors (Lipinski definition) is 1. The van der Waals surface area contributed by atoms with Crippen molar-refractivity contribution < 1.29 is 4.79 Å². The third-order valence-corrected chi connectivity index (χ3v) is 5.82. The van der Waals surface area contributed by atoms with E-state index >= 15 is 0 Å². The second kappa shape index (κ2) is 4.52. The highest BCUT2D eigenvalue weighted by atomic mass is 16.2. The van der Waals surface area contributed by atoms with Gasteiger partial charge in [0.15, 0.2) is 0 Å². The minimum Gasteiger partial charge on any atom is -0.355 e. The highest BCUT2D eigenvalue weighted by molar-refractivity contribution is 5.83. The van der Waals surface area contributed by atoms with Crippen molar-refractivity contribution in [2.75, 3.05) is 6.54 Å². The molecule has 4 fully saturated rings. The maximum atomic E-state index is 12.8. The number of carbonyl (C=O) groups excluding carboxylic acids is 1. The molecule has 4 aliphatic carbocycles. The zero-order valence-electron chi connectivity index (χ0n) is 13.1. The molecule has 0 saturated heterocycles. The highest BCUT2D eigenvalue weighted by Gasteiger charge is 2.62. The Morgan fingerprint density at radius 1 is 1.15 bits per heavy atom. The normalized spacial score (nSPS) is 44.9. The van der Waals surface area contributed by atoms with E-state index in [1.807, 2.05) is 6.92 Å². The Morgan fingerprint density at radius 2 is 1.80 bits per heavy atom. The number of amides is 1. The number of carbonyl (C=O) groups is 1. The molecule has 1 amide bonds. The van der Waals surface area contributed by atoms with E-state index in [1.54, 1.807) is 0 Å². The maximum Gasteiger partial charge on any atom is 0.226 e. The summed E-state index contributed by atoms with van der Waals surface area (Å²) >= 11 is 0. The van der Waals surface area contributed by atoms with Crippen LogP contribution in [-0.4, -0.2) is 12.5 Å². The van der Waals surface area contributed by atoms with Crippen molar-refractivity contribution in [2.24, 2.45) is 22.2 Å². The Balaban J connectivity index is 1.74. The van der Waals surface area contributed by atoms with Crippen molar-refractivity contribution in [3.05, 3.63) is 0 Å². The first-order chi connectivity index (χ1) is 9.39. The monoisotopic (exact) mass is 273 g/mol. The van der Waals surface area contributed by atoms with Crippen LogP contribution in [-0.2, 0) is 4.79 Å². The Labute approximate surface area is 123 Å². The van der Waals surface area contributed by atoms with E-state index in [0.29, 0.717) is 23.3 Å². The fraction of sp³-hybridized carbons (Fsp3) is 0.833. The van der Waals surface area contributed by atoms with Crippen LogP contribution in [0.5, 0.6) is 0 Å². The molecular weight excluding hydrogens is 246 g/mol. The van der Waals surface area contributed by atoms with Crippen LogP contribution in [0.4, 0.5) is 0 Å². The van der Waals surface area contributed by atoms with E-state index < -0.39 is 0 Å². The molecule has 0 radical (unpaired) electrons. The first kappa shape index (κ1) is 14.0. The summed E-state index contributed by atoms with van der Waals surface area (Å²) in [6.07, 6.45) is 8.14. The van der Waals surface area contributed by atoms with Gasteiger partial charge in [-0.1, -0.05) is 13.8 Å². The van der Waals surface area contributed by atoms with E-state index in [1.165, 1.54) is 19.3 Å². The molecule has 4 bridgehead atoms. The van der Waals surface area contributed by atoms with Gasteiger partial charge in [0.25, 0.3) is 0 Å². The molecule has 2 heteroatoms. The van der Waals surface area contributed by atoms with E-state index in [0.717, 1.165) is 31.6 Å². The predicted octanol–water partition coefficient (Wildman–Crippen LogP) is 3.51. The van der Waals surface area contributed by atoms with Crippen molar-refractivity contribution in [3.8, 4) is 11.8 Å². The van der Waals surface area contributed by atoms with Gasteiger partial charge in [-0.15, -0.1) is 11.8 Å². The van der Waals surface area contributed by atoms with E-state index in [4.69, 9.17) is 0 Å². The third kappa shape index (κ3) is 2.26. The number of hydrogen-bond donors (Lipinski definition) is 1. The van der Waals surface area contributed by atoms with E-state index in [2.05, 4.69) is 31.0 Å². The van der Waals surface area contributed by atoms with Crippen molar-refractivity contribution in [1.29, 1.82) is 0 Å². The fourth-order valence-corrected chi connectivity index (χ4v) is 6.25. The largest absolute Gasteiger partial charge is 0.355 e. The van der Waals surface area contributed by atoms with Crippen LogP contribution in [0.25, 0.3) is 0 Å². The predicted molar refractivity (Wildman–Crippen MR) is 80.9 cm³/mol. The topological polar surface area (TPSA) is 29.1 Å². The molecule has 0 heterocycles. The second-order valence-corrected chi connectivity index (χ2v) is 8.34. The zero-order chi connectivity index (χ0) is 14.4. The summed E-state index contributed by atoms with van der Waals surface area (Å²) in [4.78, 5) is 12.8. The maximum absolute atomic E-state index is 12.8. The lowest BCUT2D eigenvalue weighted by atomic mass is 9.40. The summed E-state index contributed by atoms with van der Waals surface area (Å²) in [6, 6.07) is 0. The lowest BCUT2D eigenvalue weighted by molar-refractivity contribution is -0.170. The Bertz CT molecular complexity index is 465. The highest BCUT2D eigenvalue weighted by Crippen LogP contribution is 2.69. The third-order valence-electron chi connectivity index (χ3n) is 5.82. The van der Waals surface area contributed by atoms with Gasteiger partial charge in [-0.25, -0.2) is 0 Å². The molecule has 4 saturated carbocycles. The lowest BCUT2D eigenvalue weighted by Gasteiger charge is -2.64. The van der Waals surface area contributed by atoms with Crippen molar-refractivity contribution in [2.45, 2.75) is 65.7 Å². The first-order valence-corrected chi connectivity index (χ1v) is 8.07. The van der Waals surface area contributed by atoms with Gasteiger partial charge < -0.3 is 5.32 Å². The van der Waals surface area contributed by atoms with Crippen LogP contribution in [0.3, 0.4) is 0 Å². The van der Waals surface area contributed by atoms with Crippen LogP contribution in [0.15, 0.2) is 0 Å². The molecular formula is C18H27NO. The molecule has 0 aliphatic heterocycles.